The molecule has 2 heterocycles. The van der Waals surface area contributed by atoms with Crippen molar-refractivity contribution in [2.45, 2.75) is 69.7 Å². The van der Waals surface area contributed by atoms with Gasteiger partial charge in [0, 0.05) is 32.0 Å². The lowest BCUT2D eigenvalue weighted by atomic mass is 10.1. The average Bonchev–Trinajstić information content (AvgIpc) is 3.42. The topological polar surface area (TPSA) is 108 Å². The molecule has 0 bridgehead atoms. The van der Waals surface area contributed by atoms with Crippen LogP contribution in [0.15, 0.2) is 36.4 Å². The molecule has 0 radical (unpaired) electrons. The Balaban J connectivity index is 1.58. The summed E-state index contributed by atoms with van der Waals surface area (Å²) in [5, 5.41) is 13.3. The first-order valence-corrected chi connectivity index (χ1v) is 12.9. The SMILES string of the molecule is CCOC(=O)[C@@]12C[C@H]1/C=C\CCCCCN(Cc1ccc(OC)cc1)C(=O)N1C[C@H](O)C[C@H]1C(=O)N2. The van der Waals surface area contributed by atoms with Crippen molar-refractivity contribution >= 4 is 17.9 Å². The summed E-state index contributed by atoms with van der Waals surface area (Å²) in [5.74, 6) is -0.269. The van der Waals surface area contributed by atoms with Crippen LogP contribution >= 0.6 is 0 Å². The van der Waals surface area contributed by atoms with Gasteiger partial charge in [-0.05, 0) is 50.3 Å². The molecule has 1 aliphatic carbocycles. The van der Waals surface area contributed by atoms with Gasteiger partial charge in [-0.25, -0.2) is 9.59 Å². The van der Waals surface area contributed by atoms with Gasteiger partial charge in [-0.2, -0.15) is 0 Å². The quantitative estimate of drug-likeness (QED) is 0.476. The largest absolute Gasteiger partial charge is 0.497 e. The number of carbonyl (C=O) groups excluding carboxylic acids is 3. The summed E-state index contributed by atoms with van der Waals surface area (Å²) in [6.07, 6.45) is 7.50. The number of rotatable bonds is 5. The Labute approximate surface area is 212 Å². The molecule has 1 saturated carbocycles. The lowest BCUT2D eigenvalue weighted by Crippen LogP contribution is -2.55. The number of methoxy groups -OCH3 is 1. The van der Waals surface area contributed by atoms with Crippen LogP contribution in [0.5, 0.6) is 5.75 Å². The summed E-state index contributed by atoms with van der Waals surface area (Å²) in [6, 6.07) is 6.42. The van der Waals surface area contributed by atoms with Crippen molar-refractivity contribution < 1.29 is 29.0 Å². The molecule has 0 unspecified atom stereocenters. The highest BCUT2D eigenvalue weighted by Crippen LogP contribution is 2.46. The third-order valence-corrected chi connectivity index (χ3v) is 7.30. The normalized spacial score (nSPS) is 29.8. The predicted octanol–water partition coefficient (Wildman–Crippen LogP) is 2.62. The van der Waals surface area contributed by atoms with Crippen LogP contribution in [0.1, 0.15) is 51.0 Å². The number of hydrogen-bond acceptors (Lipinski definition) is 6. The number of fused-ring (bicyclic) bond motifs is 2. The zero-order valence-corrected chi connectivity index (χ0v) is 21.2. The summed E-state index contributed by atoms with van der Waals surface area (Å²) in [7, 11) is 1.61. The van der Waals surface area contributed by atoms with Crippen LogP contribution in [0.2, 0.25) is 0 Å². The molecule has 9 nitrogen and oxygen atoms in total. The Morgan fingerprint density at radius 2 is 1.97 bits per heavy atom. The van der Waals surface area contributed by atoms with E-state index in [1.54, 1.807) is 18.9 Å². The van der Waals surface area contributed by atoms with E-state index >= 15 is 0 Å². The molecule has 9 heteroatoms. The van der Waals surface area contributed by atoms with Gasteiger partial charge >= 0.3 is 12.0 Å². The molecule has 1 aromatic rings. The lowest BCUT2D eigenvalue weighted by molar-refractivity contribution is -0.149. The first-order valence-electron chi connectivity index (χ1n) is 12.9. The second-order valence-electron chi connectivity index (χ2n) is 9.88. The van der Waals surface area contributed by atoms with Gasteiger partial charge in [0.2, 0.25) is 5.91 Å². The van der Waals surface area contributed by atoms with Gasteiger partial charge in [0.15, 0.2) is 0 Å². The predicted molar refractivity (Wildman–Crippen MR) is 133 cm³/mol. The summed E-state index contributed by atoms with van der Waals surface area (Å²) < 4.78 is 10.5. The number of aliphatic hydroxyl groups excluding tert-OH is 1. The second kappa shape index (κ2) is 11.3. The minimum atomic E-state index is -1.10. The minimum Gasteiger partial charge on any atom is -0.497 e. The fraction of sp³-hybridized carbons (Fsp3) is 0.593. The van der Waals surface area contributed by atoms with Gasteiger partial charge in [0.1, 0.15) is 17.3 Å². The molecule has 4 rings (SSSR count). The number of allylic oxidation sites excluding steroid dienone is 1. The van der Waals surface area contributed by atoms with Crippen LogP contribution < -0.4 is 10.1 Å². The highest BCUT2D eigenvalue weighted by Gasteiger charge is 2.62. The zero-order valence-electron chi connectivity index (χ0n) is 21.2. The number of aliphatic hydroxyl groups is 1. The van der Waals surface area contributed by atoms with Crippen molar-refractivity contribution in [1.29, 1.82) is 0 Å². The number of nitrogens with zero attached hydrogens (tertiary/aromatic N) is 2. The molecule has 36 heavy (non-hydrogen) atoms. The van der Waals surface area contributed by atoms with Crippen molar-refractivity contribution in [3.8, 4) is 5.75 Å². The molecule has 0 spiro atoms. The van der Waals surface area contributed by atoms with Crippen LogP contribution in [0.4, 0.5) is 4.79 Å². The van der Waals surface area contributed by atoms with E-state index in [2.05, 4.69) is 11.4 Å². The molecular weight excluding hydrogens is 462 g/mol. The molecule has 196 valence electrons. The summed E-state index contributed by atoms with van der Waals surface area (Å²) in [5.41, 5.74) is -0.151. The fourth-order valence-electron chi connectivity index (χ4n) is 5.16. The highest BCUT2D eigenvalue weighted by molar-refractivity contribution is 5.95. The molecule has 4 atom stereocenters. The van der Waals surface area contributed by atoms with E-state index in [-0.39, 0.29) is 31.5 Å². The minimum absolute atomic E-state index is 0.0752. The number of benzene rings is 1. The standard InChI is InChI=1S/C27H37N3O6/c1-3-36-25(33)27-16-20(27)9-7-5-4-6-8-14-29(17-19-10-12-22(35-2)13-11-19)26(34)30-18-21(31)15-23(30)24(32)28-27/h7,9-13,20-21,23,31H,3-6,8,14-18H2,1-2H3,(H,28,32)/b9-7-/t20-,21-,23+,27-/m1/s1. The Kier molecular flexibility index (Phi) is 8.18. The average molecular weight is 500 g/mol. The number of carbonyl (C=O) groups is 3. The van der Waals surface area contributed by atoms with Gasteiger partial charge in [0.25, 0.3) is 0 Å². The smallest absolute Gasteiger partial charge is 0.332 e. The summed E-state index contributed by atoms with van der Waals surface area (Å²) in [6.45, 7) is 2.97. The molecule has 0 aromatic heterocycles. The first kappa shape index (κ1) is 26.0. The van der Waals surface area contributed by atoms with E-state index in [4.69, 9.17) is 9.47 Å². The molecule has 2 fully saturated rings. The third-order valence-electron chi connectivity index (χ3n) is 7.30. The zero-order chi connectivity index (χ0) is 25.7. The lowest BCUT2D eigenvalue weighted by Gasteiger charge is -2.32. The van der Waals surface area contributed by atoms with Crippen molar-refractivity contribution in [1.82, 2.24) is 15.1 Å². The number of urea groups is 1. The number of ether oxygens (including phenoxy) is 2. The highest BCUT2D eigenvalue weighted by atomic mass is 16.5. The van der Waals surface area contributed by atoms with Crippen molar-refractivity contribution in [2.24, 2.45) is 5.92 Å². The van der Waals surface area contributed by atoms with Gasteiger partial charge in [0.05, 0.1) is 19.8 Å². The maximum atomic E-state index is 13.7. The summed E-state index contributed by atoms with van der Waals surface area (Å²) >= 11 is 0. The second-order valence-corrected chi connectivity index (χ2v) is 9.88. The number of esters is 1. The fourth-order valence-corrected chi connectivity index (χ4v) is 5.16. The first-order chi connectivity index (χ1) is 17.4. The Morgan fingerprint density at radius 1 is 1.19 bits per heavy atom. The molecule has 1 saturated heterocycles. The molecule has 1 aromatic carbocycles. The van der Waals surface area contributed by atoms with E-state index in [9.17, 15) is 19.5 Å². The molecule has 2 N–H and O–H groups in total. The van der Waals surface area contributed by atoms with Crippen LogP contribution in [-0.4, -0.2) is 77.3 Å². The number of amides is 3. The monoisotopic (exact) mass is 499 g/mol. The summed E-state index contributed by atoms with van der Waals surface area (Å²) in [4.78, 5) is 43.2. The van der Waals surface area contributed by atoms with Crippen molar-refractivity contribution in [2.75, 3.05) is 26.8 Å². The molecule has 3 amide bonds. The Morgan fingerprint density at radius 3 is 2.69 bits per heavy atom. The third kappa shape index (κ3) is 5.67. The van der Waals surface area contributed by atoms with Gasteiger partial charge in [-0.15, -0.1) is 0 Å². The maximum Gasteiger partial charge on any atom is 0.332 e. The van der Waals surface area contributed by atoms with E-state index in [1.165, 1.54) is 4.90 Å². The van der Waals surface area contributed by atoms with E-state index in [1.807, 2.05) is 30.3 Å². The van der Waals surface area contributed by atoms with Gasteiger partial charge < -0.3 is 29.7 Å². The Bertz CT molecular complexity index is 980. The maximum absolute atomic E-state index is 13.7. The molecule has 2 aliphatic heterocycles. The van der Waals surface area contributed by atoms with E-state index in [0.717, 1.165) is 37.0 Å². The van der Waals surface area contributed by atoms with Crippen LogP contribution in [-0.2, 0) is 20.9 Å². The molecular formula is C27H37N3O6. The number of nitrogens with one attached hydrogen (secondary N) is 1. The van der Waals surface area contributed by atoms with Gasteiger partial charge in [-0.1, -0.05) is 30.7 Å². The van der Waals surface area contributed by atoms with Crippen molar-refractivity contribution in [3.63, 3.8) is 0 Å². The van der Waals surface area contributed by atoms with E-state index < -0.39 is 29.6 Å². The van der Waals surface area contributed by atoms with Crippen LogP contribution in [0.25, 0.3) is 0 Å². The Hall–Kier alpha value is -3.07. The van der Waals surface area contributed by atoms with Crippen molar-refractivity contribution in [3.05, 3.63) is 42.0 Å². The van der Waals surface area contributed by atoms with Crippen LogP contribution in [0, 0.1) is 5.92 Å². The van der Waals surface area contributed by atoms with Crippen LogP contribution in [0.3, 0.4) is 0 Å². The van der Waals surface area contributed by atoms with E-state index in [0.29, 0.717) is 19.5 Å². The molecule has 3 aliphatic rings. The van der Waals surface area contributed by atoms with Gasteiger partial charge in [-0.3, -0.25) is 4.79 Å². The number of hydrogen-bond donors (Lipinski definition) is 2.